The highest BCUT2D eigenvalue weighted by Gasteiger charge is 2.27. The van der Waals surface area contributed by atoms with Crippen molar-refractivity contribution < 1.29 is 0 Å². The second kappa shape index (κ2) is 3.84. The van der Waals surface area contributed by atoms with Crippen LogP contribution in [0.5, 0.6) is 0 Å². The lowest BCUT2D eigenvalue weighted by molar-refractivity contribution is 1.71. The highest BCUT2D eigenvalue weighted by molar-refractivity contribution is 7.69. The third kappa shape index (κ3) is 2.52. The average Bonchev–Trinajstić information content (AvgIpc) is 2.03. The molecule has 0 amide bonds. The lowest BCUT2D eigenvalue weighted by Crippen LogP contribution is -2.29. The summed E-state index contributed by atoms with van der Waals surface area (Å²) >= 11 is 17.5. The minimum Gasteiger partial charge on any atom is -0.121 e. The summed E-state index contributed by atoms with van der Waals surface area (Å²) in [5.74, 6) is 0. The Labute approximate surface area is 86.9 Å². The molecule has 0 nitrogen and oxygen atoms in total. The first kappa shape index (κ1) is 10.1. The monoisotopic (exact) mass is 236 g/mol. The normalized spacial score (nSPS) is 11.2. The van der Waals surface area contributed by atoms with Crippen LogP contribution in [0.15, 0.2) is 30.8 Å². The zero-order chi connectivity index (χ0) is 9.19. The van der Waals surface area contributed by atoms with Gasteiger partial charge in [0, 0.05) is 0 Å². The Balaban J connectivity index is 3.10. The maximum absolute atomic E-state index is 5.82. The Bertz CT molecular complexity index is 291. The molecule has 0 aliphatic heterocycles. The minimum absolute atomic E-state index is 0.796. The van der Waals surface area contributed by atoms with Gasteiger partial charge in [0.1, 0.15) is 0 Å². The van der Waals surface area contributed by atoms with E-state index in [1.54, 1.807) is 6.08 Å². The minimum atomic E-state index is -2.71. The summed E-state index contributed by atoms with van der Waals surface area (Å²) in [5, 5.41) is 0.796. The standard InChI is InChI=1S/C8H7Cl3Si/c1-2-7-4-3-5-8(6-7)12(9,10)11/h2-6H,1H2. The number of hydrogen-bond acceptors (Lipinski definition) is 0. The molecule has 0 aliphatic carbocycles. The second-order valence-corrected chi connectivity index (χ2v) is 10.7. The molecule has 1 aromatic carbocycles. The summed E-state index contributed by atoms with van der Waals surface area (Å²) < 4.78 is 0. The molecule has 0 aromatic heterocycles. The lowest BCUT2D eigenvalue weighted by Gasteiger charge is -2.07. The Hall–Kier alpha value is 0.0469. The molecule has 64 valence electrons. The molecule has 12 heavy (non-hydrogen) atoms. The molecule has 0 unspecified atom stereocenters. The van der Waals surface area contributed by atoms with Crippen LogP contribution in [0, 0.1) is 0 Å². The molecule has 0 N–H and O–H groups in total. The van der Waals surface area contributed by atoms with Crippen molar-refractivity contribution in [2.75, 3.05) is 0 Å². The van der Waals surface area contributed by atoms with Gasteiger partial charge in [-0.1, -0.05) is 36.9 Å². The van der Waals surface area contributed by atoms with Crippen LogP contribution >= 0.6 is 33.2 Å². The Morgan fingerprint density at radius 2 is 1.92 bits per heavy atom. The number of halogens is 3. The first-order chi connectivity index (χ1) is 5.54. The van der Waals surface area contributed by atoms with E-state index >= 15 is 0 Å². The van der Waals surface area contributed by atoms with E-state index in [-0.39, 0.29) is 0 Å². The summed E-state index contributed by atoms with van der Waals surface area (Å²) in [5.41, 5.74) is 0.978. The van der Waals surface area contributed by atoms with Gasteiger partial charge >= 0.3 is 6.00 Å². The Kier molecular flexibility index (Phi) is 3.24. The maximum atomic E-state index is 5.82. The molecule has 1 rings (SSSR count). The topological polar surface area (TPSA) is 0 Å². The van der Waals surface area contributed by atoms with E-state index in [4.69, 9.17) is 33.2 Å². The highest BCUT2D eigenvalue weighted by Crippen LogP contribution is 2.19. The molecule has 1 aromatic rings. The molecule has 0 radical (unpaired) electrons. The van der Waals surface area contributed by atoms with Crippen LogP contribution in [-0.2, 0) is 0 Å². The Morgan fingerprint density at radius 1 is 1.25 bits per heavy atom. The van der Waals surface area contributed by atoms with Crippen molar-refractivity contribution in [2.24, 2.45) is 0 Å². The van der Waals surface area contributed by atoms with Crippen molar-refractivity contribution in [1.82, 2.24) is 0 Å². The molecule has 0 fully saturated rings. The molecule has 0 saturated carbocycles. The molecular formula is C8H7Cl3Si. The van der Waals surface area contributed by atoms with E-state index in [1.165, 1.54) is 0 Å². The predicted octanol–water partition coefficient (Wildman–Crippen LogP) is 3.19. The van der Waals surface area contributed by atoms with Gasteiger partial charge in [-0.3, -0.25) is 0 Å². The third-order valence-corrected chi connectivity index (χ3v) is 4.38. The van der Waals surface area contributed by atoms with E-state index in [0.717, 1.165) is 10.8 Å². The lowest BCUT2D eigenvalue weighted by atomic mass is 10.2. The fourth-order valence-electron chi connectivity index (χ4n) is 0.842. The third-order valence-electron chi connectivity index (χ3n) is 1.45. The van der Waals surface area contributed by atoms with Gasteiger partial charge in [-0.25, -0.2) is 0 Å². The maximum Gasteiger partial charge on any atom is 0.372 e. The molecule has 0 aliphatic rings. The quantitative estimate of drug-likeness (QED) is 0.547. The van der Waals surface area contributed by atoms with Crippen LogP contribution in [0.25, 0.3) is 6.08 Å². The number of hydrogen-bond donors (Lipinski definition) is 0. The van der Waals surface area contributed by atoms with Crippen molar-refractivity contribution >= 4 is 50.5 Å². The largest absolute Gasteiger partial charge is 0.372 e. The van der Waals surface area contributed by atoms with Crippen LogP contribution in [0.1, 0.15) is 5.56 Å². The van der Waals surface area contributed by atoms with E-state index in [1.807, 2.05) is 24.3 Å². The SMILES string of the molecule is C=Cc1cccc([Si](Cl)(Cl)Cl)c1. The van der Waals surface area contributed by atoms with E-state index in [9.17, 15) is 0 Å². The van der Waals surface area contributed by atoms with Crippen molar-refractivity contribution in [3.8, 4) is 0 Å². The number of benzene rings is 1. The Morgan fingerprint density at radius 3 is 2.42 bits per heavy atom. The van der Waals surface area contributed by atoms with Crippen molar-refractivity contribution in [2.45, 2.75) is 0 Å². The van der Waals surface area contributed by atoms with Crippen molar-refractivity contribution in [1.29, 1.82) is 0 Å². The van der Waals surface area contributed by atoms with Gasteiger partial charge in [0.15, 0.2) is 0 Å². The molecular weight excluding hydrogens is 231 g/mol. The van der Waals surface area contributed by atoms with Crippen LogP contribution < -0.4 is 5.19 Å². The summed E-state index contributed by atoms with van der Waals surface area (Å²) in [7, 11) is 0. The second-order valence-electron chi connectivity index (χ2n) is 2.33. The zero-order valence-electron chi connectivity index (χ0n) is 6.23. The highest BCUT2D eigenvalue weighted by atomic mass is 35.8. The van der Waals surface area contributed by atoms with Gasteiger partial charge in [-0.15, -0.1) is 33.2 Å². The number of rotatable bonds is 2. The first-order valence-corrected chi connectivity index (χ1v) is 8.37. The molecule has 0 atom stereocenters. The summed E-state index contributed by atoms with van der Waals surface area (Å²) in [4.78, 5) is 0. The van der Waals surface area contributed by atoms with Gasteiger partial charge in [0.2, 0.25) is 0 Å². The van der Waals surface area contributed by atoms with Crippen molar-refractivity contribution in [3.63, 3.8) is 0 Å². The molecule has 0 saturated heterocycles. The summed E-state index contributed by atoms with van der Waals surface area (Å²) in [6.07, 6.45) is 1.73. The fourth-order valence-corrected chi connectivity index (χ4v) is 2.52. The van der Waals surface area contributed by atoms with Crippen LogP contribution in [-0.4, -0.2) is 6.00 Å². The van der Waals surface area contributed by atoms with Gasteiger partial charge in [-0.2, -0.15) is 0 Å². The zero-order valence-corrected chi connectivity index (χ0v) is 9.50. The molecule has 0 bridgehead atoms. The predicted molar refractivity (Wildman–Crippen MR) is 59.5 cm³/mol. The van der Waals surface area contributed by atoms with Gasteiger partial charge in [0.25, 0.3) is 0 Å². The van der Waals surface area contributed by atoms with E-state index in [0.29, 0.717) is 0 Å². The van der Waals surface area contributed by atoms with Crippen LogP contribution in [0.4, 0.5) is 0 Å². The van der Waals surface area contributed by atoms with E-state index < -0.39 is 6.00 Å². The van der Waals surface area contributed by atoms with Gasteiger partial charge < -0.3 is 0 Å². The average molecular weight is 238 g/mol. The molecule has 4 heteroatoms. The smallest absolute Gasteiger partial charge is 0.121 e. The van der Waals surface area contributed by atoms with E-state index in [2.05, 4.69) is 6.58 Å². The molecule has 0 heterocycles. The van der Waals surface area contributed by atoms with Crippen molar-refractivity contribution in [3.05, 3.63) is 36.4 Å². The van der Waals surface area contributed by atoms with Crippen LogP contribution in [0.3, 0.4) is 0 Å². The van der Waals surface area contributed by atoms with Crippen LogP contribution in [0.2, 0.25) is 0 Å². The summed E-state index contributed by atoms with van der Waals surface area (Å²) in [6, 6.07) is 4.75. The van der Waals surface area contributed by atoms with Gasteiger partial charge in [0.05, 0.1) is 0 Å². The first-order valence-electron chi connectivity index (χ1n) is 3.34. The summed E-state index contributed by atoms with van der Waals surface area (Å²) in [6.45, 7) is 3.64. The van der Waals surface area contributed by atoms with Gasteiger partial charge in [-0.05, 0) is 10.8 Å². The molecule has 0 spiro atoms. The fraction of sp³-hybridized carbons (Fsp3) is 0.